The fourth-order valence-electron chi connectivity index (χ4n) is 0.816. The van der Waals surface area contributed by atoms with Gasteiger partial charge in [-0.3, -0.25) is 4.79 Å². The number of nitrogens with one attached hydrogen (secondary N) is 1. The van der Waals surface area contributed by atoms with Crippen LogP contribution >= 0.6 is 0 Å². The Bertz CT molecular complexity index is 230. The van der Waals surface area contributed by atoms with Crippen LogP contribution in [-0.4, -0.2) is 43.9 Å². The number of hydrogen-bond acceptors (Lipinski definition) is 5. The summed E-state index contributed by atoms with van der Waals surface area (Å²) >= 11 is 0. The second-order valence-corrected chi connectivity index (χ2v) is 2.91. The molecule has 0 unspecified atom stereocenters. The smallest absolute Gasteiger partial charge is 0.333 e. The lowest BCUT2D eigenvalue weighted by molar-refractivity contribution is -0.192. The fraction of sp³-hybridized carbons (Fsp3) is 0.667. The highest BCUT2D eigenvalue weighted by atomic mass is 16.7. The molecule has 0 spiro atoms. The van der Waals surface area contributed by atoms with Crippen LogP contribution in [0.3, 0.4) is 0 Å². The molecule has 0 bridgehead atoms. The van der Waals surface area contributed by atoms with Gasteiger partial charge in [0.2, 0.25) is 0 Å². The lowest BCUT2D eigenvalue weighted by Gasteiger charge is -2.15. The molecule has 0 radical (unpaired) electrons. The summed E-state index contributed by atoms with van der Waals surface area (Å²) in [7, 11) is 3.07. The Balaban J connectivity index is 3.79. The summed E-state index contributed by atoms with van der Waals surface area (Å²) in [5, 5.41) is 3.65. The van der Waals surface area contributed by atoms with E-state index in [0.29, 0.717) is 12.8 Å². The first kappa shape index (κ1) is 13.6. The third kappa shape index (κ3) is 6.62. The summed E-state index contributed by atoms with van der Waals surface area (Å²) in [5.41, 5.74) is 0. The Hall–Kier alpha value is -1.43. The van der Waals surface area contributed by atoms with Crippen molar-refractivity contribution in [3.05, 3.63) is 0 Å². The molecule has 0 aliphatic rings. The second kappa shape index (κ2) is 7.93. The van der Waals surface area contributed by atoms with Gasteiger partial charge in [0.15, 0.2) is 0 Å². The number of rotatable bonds is 6. The molecular weight excluding hydrogens is 200 g/mol. The standard InChI is InChI=1S/C9H16N2O4/c1-10-6-5-9(14)15-11(2)8(13)4-3-7-12/h7,10H,3-6H2,1-2H3. The summed E-state index contributed by atoms with van der Waals surface area (Å²) < 4.78 is 0. The van der Waals surface area contributed by atoms with Crippen LogP contribution in [0.15, 0.2) is 0 Å². The maximum atomic E-state index is 11.2. The number of hydroxylamine groups is 2. The molecule has 0 aromatic heterocycles. The Morgan fingerprint density at radius 1 is 1.40 bits per heavy atom. The van der Waals surface area contributed by atoms with Crippen LogP contribution in [0.1, 0.15) is 19.3 Å². The summed E-state index contributed by atoms with van der Waals surface area (Å²) in [4.78, 5) is 37.0. The molecule has 0 fully saturated rings. The Kier molecular flexibility index (Phi) is 7.17. The Morgan fingerprint density at radius 3 is 2.60 bits per heavy atom. The van der Waals surface area contributed by atoms with E-state index in [1.165, 1.54) is 7.05 Å². The molecule has 6 nitrogen and oxygen atoms in total. The van der Waals surface area contributed by atoms with E-state index in [1.807, 2.05) is 0 Å². The maximum Gasteiger partial charge on any atom is 0.333 e. The molecule has 0 aliphatic heterocycles. The highest BCUT2D eigenvalue weighted by Gasteiger charge is 2.12. The number of carbonyl (C=O) groups is 3. The first-order valence-electron chi connectivity index (χ1n) is 4.67. The first-order valence-corrected chi connectivity index (χ1v) is 4.67. The predicted octanol–water partition coefficient (Wildman–Crippen LogP) is -0.508. The van der Waals surface area contributed by atoms with Gasteiger partial charge in [-0.25, -0.2) is 4.79 Å². The molecule has 0 saturated carbocycles. The van der Waals surface area contributed by atoms with Crippen molar-refractivity contribution in [3.8, 4) is 0 Å². The topological polar surface area (TPSA) is 75.7 Å². The molecular formula is C9H16N2O4. The van der Waals surface area contributed by atoms with Crippen LogP contribution in [0.25, 0.3) is 0 Å². The van der Waals surface area contributed by atoms with Crippen molar-refractivity contribution in [2.45, 2.75) is 19.3 Å². The van der Waals surface area contributed by atoms with Gasteiger partial charge < -0.3 is 14.9 Å². The van der Waals surface area contributed by atoms with Crippen LogP contribution < -0.4 is 5.32 Å². The van der Waals surface area contributed by atoms with Gasteiger partial charge in [0.05, 0.1) is 6.42 Å². The van der Waals surface area contributed by atoms with Gasteiger partial charge in [0.1, 0.15) is 6.29 Å². The minimum atomic E-state index is -0.480. The minimum absolute atomic E-state index is 0.0549. The van der Waals surface area contributed by atoms with Gasteiger partial charge in [0.25, 0.3) is 5.91 Å². The molecule has 86 valence electrons. The highest BCUT2D eigenvalue weighted by molar-refractivity contribution is 5.79. The van der Waals surface area contributed by atoms with Gasteiger partial charge in [-0.15, -0.1) is 0 Å². The van der Waals surface area contributed by atoms with E-state index in [4.69, 9.17) is 4.84 Å². The predicted molar refractivity (Wildman–Crippen MR) is 52.7 cm³/mol. The Labute approximate surface area is 88.5 Å². The summed E-state index contributed by atoms with van der Waals surface area (Å²) in [5.74, 6) is -0.869. The molecule has 1 amide bonds. The number of amides is 1. The number of hydrogen-bond donors (Lipinski definition) is 1. The van der Waals surface area contributed by atoms with Crippen LogP contribution in [0.5, 0.6) is 0 Å². The van der Waals surface area contributed by atoms with Crippen molar-refractivity contribution in [2.24, 2.45) is 0 Å². The zero-order valence-corrected chi connectivity index (χ0v) is 8.99. The van der Waals surface area contributed by atoms with Crippen molar-refractivity contribution in [3.63, 3.8) is 0 Å². The molecule has 0 aromatic rings. The lowest BCUT2D eigenvalue weighted by Crippen LogP contribution is -2.30. The third-order valence-electron chi connectivity index (χ3n) is 1.65. The second-order valence-electron chi connectivity index (χ2n) is 2.91. The summed E-state index contributed by atoms with van der Waals surface area (Å²) in [6, 6.07) is 0. The van der Waals surface area contributed by atoms with Gasteiger partial charge >= 0.3 is 5.97 Å². The number of carbonyl (C=O) groups excluding carboxylic acids is 3. The average Bonchev–Trinajstić information content (AvgIpc) is 2.22. The van der Waals surface area contributed by atoms with Gasteiger partial charge in [-0.05, 0) is 7.05 Å². The van der Waals surface area contributed by atoms with E-state index < -0.39 is 5.97 Å². The third-order valence-corrected chi connectivity index (χ3v) is 1.65. The van der Waals surface area contributed by atoms with E-state index in [2.05, 4.69) is 5.32 Å². The van der Waals surface area contributed by atoms with E-state index in [0.717, 1.165) is 5.06 Å². The SMILES string of the molecule is CNCCC(=O)ON(C)C(=O)CCC=O. The van der Waals surface area contributed by atoms with Crippen molar-refractivity contribution in [2.75, 3.05) is 20.6 Å². The molecule has 0 heterocycles. The zero-order chi connectivity index (χ0) is 11.7. The van der Waals surface area contributed by atoms with Crippen LogP contribution in [0.2, 0.25) is 0 Å². The monoisotopic (exact) mass is 216 g/mol. The van der Waals surface area contributed by atoms with E-state index in [-0.39, 0.29) is 25.2 Å². The molecule has 0 aliphatic carbocycles. The lowest BCUT2D eigenvalue weighted by atomic mass is 10.3. The molecule has 1 N–H and O–H groups in total. The number of aldehydes is 1. The van der Waals surface area contributed by atoms with Gasteiger partial charge in [-0.1, -0.05) is 0 Å². The largest absolute Gasteiger partial charge is 0.338 e. The first-order chi connectivity index (χ1) is 7.11. The molecule has 0 saturated heterocycles. The van der Waals surface area contributed by atoms with Crippen LogP contribution in [0, 0.1) is 0 Å². The Morgan fingerprint density at radius 2 is 2.07 bits per heavy atom. The normalized spacial score (nSPS) is 9.47. The quantitative estimate of drug-likeness (QED) is 0.478. The van der Waals surface area contributed by atoms with Gasteiger partial charge in [0, 0.05) is 26.4 Å². The van der Waals surface area contributed by atoms with Crippen molar-refractivity contribution >= 4 is 18.2 Å². The van der Waals surface area contributed by atoms with Crippen LogP contribution in [-0.2, 0) is 19.2 Å². The fourth-order valence-corrected chi connectivity index (χ4v) is 0.816. The van der Waals surface area contributed by atoms with Crippen LogP contribution in [0.4, 0.5) is 0 Å². The highest BCUT2D eigenvalue weighted by Crippen LogP contribution is 1.96. The zero-order valence-electron chi connectivity index (χ0n) is 8.99. The average molecular weight is 216 g/mol. The molecule has 6 heteroatoms. The number of nitrogens with zero attached hydrogens (tertiary/aromatic N) is 1. The van der Waals surface area contributed by atoms with E-state index in [1.54, 1.807) is 7.05 Å². The van der Waals surface area contributed by atoms with Crippen molar-refractivity contribution in [1.82, 2.24) is 10.4 Å². The van der Waals surface area contributed by atoms with E-state index in [9.17, 15) is 14.4 Å². The maximum absolute atomic E-state index is 11.2. The molecule has 0 atom stereocenters. The van der Waals surface area contributed by atoms with Gasteiger partial charge in [-0.2, -0.15) is 5.06 Å². The molecule has 15 heavy (non-hydrogen) atoms. The minimum Gasteiger partial charge on any atom is -0.338 e. The van der Waals surface area contributed by atoms with E-state index >= 15 is 0 Å². The summed E-state index contributed by atoms with van der Waals surface area (Å²) in [6.07, 6.45) is 1.03. The van der Waals surface area contributed by atoms with Crippen molar-refractivity contribution in [1.29, 1.82) is 0 Å². The molecule has 0 aromatic carbocycles. The summed E-state index contributed by atoms with van der Waals surface area (Å²) in [6.45, 7) is 0.495. The van der Waals surface area contributed by atoms with Crippen molar-refractivity contribution < 1.29 is 19.2 Å². The molecule has 0 rings (SSSR count).